The second-order valence-corrected chi connectivity index (χ2v) is 4.41. The van der Waals surface area contributed by atoms with Gasteiger partial charge in [-0.1, -0.05) is 0 Å². The van der Waals surface area contributed by atoms with Gasteiger partial charge in [0.05, 0.1) is 23.2 Å². The van der Waals surface area contributed by atoms with E-state index in [4.69, 9.17) is 4.42 Å². The number of hydrogen-bond donors (Lipinski definition) is 2. The quantitative estimate of drug-likeness (QED) is 0.741. The molecule has 0 saturated carbocycles. The van der Waals surface area contributed by atoms with Crippen LogP contribution in [0.15, 0.2) is 33.7 Å². The number of nitrogens with one attached hydrogen (secondary N) is 2. The van der Waals surface area contributed by atoms with Crippen LogP contribution in [-0.2, 0) is 13.6 Å². The molecule has 0 atom stereocenters. The van der Waals surface area contributed by atoms with Crippen LogP contribution in [0.25, 0.3) is 22.4 Å². The van der Waals surface area contributed by atoms with Gasteiger partial charge in [0.15, 0.2) is 5.58 Å². The Labute approximate surface area is 109 Å². The summed E-state index contributed by atoms with van der Waals surface area (Å²) in [6, 6.07) is 5.62. The molecule has 0 fully saturated rings. The molecule has 0 aliphatic rings. The highest BCUT2D eigenvalue weighted by Crippen LogP contribution is 2.25. The van der Waals surface area contributed by atoms with Crippen molar-refractivity contribution < 1.29 is 4.42 Å². The first-order valence-corrected chi connectivity index (χ1v) is 5.97. The minimum Gasteiger partial charge on any atom is -0.408 e. The van der Waals surface area contributed by atoms with E-state index in [9.17, 15) is 4.79 Å². The predicted octanol–water partition coefficient (Wildman–Crippen LogP) is 1.24. The largest absolute Gasteiger partial charge is 0.417 e. The van der Waals surface area contributed by atoms with E-state index in [2.05, 4.69) is 15.3 Å². The number of aryl methyl sites for hydroxylation is 1. The molecule has 0 saturated heterocycles. The number of aromatic nitrogens is 3. The Kier molecular flexibility index (Phi) is 2.72. The number of rotatable bonds is 3. The van der Waals surface area contributed by atoms with Gasteiger partial charge in [0.25, 0.3) is 0 Å². The smallest absolute Gasteiger partial charge is 0.408 e. The first-order valence-electron chi connectivity index (χ1n) is 5.97. The second kappa shape index (κ2) is 4.40. The summed E-state index contributed by atoms with van der Waals surface area (Å²) in [5.41, 5.74) is 4.24. The summed E-state index contributed by atoms with van der Waals surface area (Å²) in [6.07, 6.45) is 1.78. The lowest BCUT2D eigenvalue weighted by molar-refractivity contribution is 0.555. The summed E-state index contributed by atoms with van der Waals surface area (Å²) in [7, 11) is 3.83. The Morgan fingerprint density at radius 2 is 2.32 bits per heavy atom. The molecule has 0 bridgehead atoms. The fourth-order valence-electron chi connectivity index (χ4n) is 2.25. The monoisotopic (exact) mass is 258 g/mol. The fraction of sp³-hybridized carbons (Fsp3) is 0.231. The molecule has 0 aliphatic heterocycles. The Hall–Kier alpha value is -2.34. The highest BCUT2D eigenvalue weighted by Gasteiger charge is 2.12. The lowest BCUT2D eigenvalue weighted by Gasteiger charge is -2.06. The van der Waals surface area contributed by atoms with E-state index in [1.807, 2.05) is 30.8 Å². The Balaban J connectivity index is 2.17. The zero-order valence-electron chi connectivity index (χ0n) is 10.7. The van der Waals surface area contributed by atoms with Gasteiger partial charge in [-0.25, -0.2) is 9.78 Å². The van der Waals surface area contributed by atoms with Crippen LogP contribution in [-0.4, -0.2) is 21.6 Å². The van der Waals surface area contributed by atoms with E-state index in [-0.39, 0.29) is 0 Å². The molecule has 2 aromatic heterocycles. The van der Waals surface area contributed by atoms with Crippen molar-refractivity contribution in [1.82, 2.24) is 19.9 Å². The minimum atomic E-state index is -0.437. The van der Waals surface area contributed by atoms with E-state index in [1.54, 1.807) is 12.4 Å². The van der Waals surface area contributed by atoms with Crippen molar-refractivity contribution in [2.45, 2.75) is 6.54 Å². The van der Waals surface area contributed by atoms with Gasteiger partial charge in [0.1, 0.15) is 0 Å². The lowest BCUT2D eigenvalue weighted by Crippen LogP contribution is -2.07. The zero-order valence-corrected chi connectivity index (χ0v) is 10.7. The number of benzene rings is 1. The van der Waals surface area contributed by atoms with Gasteiger partial charge >= 0.3 is 5.76 Å². The summed E-state index contributed by atoms with van der Waals surface area (Å²) < 4.78 is 6.97. The van der Waals surface area contributed by atoms with E-state index < -0.39 is 5.76 Å². The summed E-state index contributed by atoms with van der Waals surface area (Å²) in [5.74, 6) is -0.437. The first kappa shape index (κ1) is 11.7. The SMILES string of the molecule is CNCc1ncn(C)c1-c1ccc2oc(=O)[nH]c2c1. The molecule has 0 amide bonds. The van der Waals surface area contributed by atoms with E-state index >= 15 is 0 Å². The van der Waals surface area contributed by atoms with Crippen molar-refractivity contribution in [2.75, 3.05) is 7.05 Å². The summed E-state index contributed by atoms with van der Waals surface area (Å²) in [6.45, 7) is 0.691. The normalized spacial score (nSPS) is 11.3. The molecule has 19 heavy (non-hydrogen) atoms. The molecule has 3 rings (SSSR count). The predicted molar refractivity (Wildman–Crippen MR) is 71.8 cm³/mol. The first-order chi connectivity index (χ1) is 9.19. The maximum Gasteiger partial charge on any atom is 0.417 e. The Morgan fingerprint density at radius 3 is 3.11 bits per heavy atom. The third-order valence-electron chi connectivity index (χ3n) is 3.05. The number of H-pyrrole nitrogens is 1. The highest BCUT2D eigenvalue weighted by atomic mass is 16.4. The van der Waals surface area contributed by atoms with E-state index in [1.165, 1.54) is 0 Å². The van der Waals surface area contributed by atoms with Crippen LogP contribution in [0.2, 0.25) is 0 Å². The van der Waals surface area contributed by atoms with Crippen molar-refractivity contribution in [2.24, 2.45) is 7.05 Å². The summed E-state index contributed by atoms with van der Waals surface area (Å²) in [4.78, 5) is 18.2. The highest BCUT2D eigenvalue weighted by molar-refractivity contribution is 5.79. The van der Waals surface area contributed by atoms with Gasteiger partial charge < -0.3 is 14.3 Å². The molecule has 2 heterocycles. The molecule has 0 unspecified atom stereocenters. The van der Waals surface area contributed by atoms with Crippen LogP contribution in [0.3, 0.4) is 0 Å². The number of hydrogen-bond acceptors (Lipinski definition) is 4. The number of imidazole rings is 1. The molecular weight excluding hydrogens is 244 g/mol. The number of nitrogens with zero attached hydrogens (tertiary/aromatic N) is 2. The Morgan fingerprint density at radius 1 is 1.47 bits per heavy atom. The second-order valence-electron chi connectivity index (χ2n) is 4.41. The van der Waals surface area contributed by atoms with E-state index in [0.29, 0.717) is 17.6 Å². The summed E-state index contributed by atoms with van der Waals surface area (Å²) in [5, 5.41) is 3.10. The van der Waals surface area contributed by atoms with Crippen LogP contribution >= 0.6 is 0 Å². The van der Waals surface area contributed by atoms with Gasteiger partial charge in [0.2, 0.25) is 0 Å². The maximum absolute atomic E-state index is 11.2. The Bertz CT molecular complexity index is 781. The summed E-state index contributed by atoms with van der Waals surface area (Å²) >= 11 is 0. The number of fused-ring (bicyclic) bond motifs is 1. The van der Waals surface area contributed by atoms with Crippen LogP contribution in [0, 0.1) is 0 Å². The van der Waals surface area contributed by atoms with Crippen LogP contribution in [0.5, 0.6) is 0 Å². The van der Waals surface area contributed by atoms with Crippen molar-refractivity contribution in [3.8, 4) is 11.3 Å². The topological polar surface area (TPSA) is 75.8 Å². The average Bonchev–Trinajstić information content (AvgIpc) is 2.91. The zero-order chi connectivity index (χ0) is 13.4. The molecule has 6 nitrogen and oxygen atoms in total. The maximum atomic E-state index is 11.2. The minimum absolute atomic E-state index is 0.437. The van der Waals surface area contributed by atoms with Crippen molar-refractivity contribution in [3.05, 3.63) is 40.8 Å². The molecule has 1 aromatic carbocycles. The van der Waals surface area contributed by atoms with Crippen LogP contribution in [0.1, 0.15) is 5.69 Å². The third-order valence-corrected chi connectivity index (χ3v) is 3.05. The average molecular weight is 258 g/mol. The van der Waals surface area contributed by atoms with Gasteiger partial charge in [0, 0.05) is 19.2 Å². The molecule has 2 N–H and O–H groups in total. The standard InChI is InChI=1S/C13H14N4O2/c1-14-6-10-12(17(2)7-15-10)8-3-4-11-9(5-8)16-13(18)19-11/h3-5,7,14H,6H2,1-2H3,(H,16,18). The number of aromatic amines is 1. The van der Waals surface area contributed by atoms with Gasteiger partial charge in [-0.3, -0.25) is 4.98 Å². The van der Waals surface area contributed by atoms with E-state index in [0.717, 1.165) is 17.0 Å². The molecular formula is C13H14N4O2. The van der Waals surface area contributed by atoms with Crippen LogP contribution < -0.4 is 11.1 Å². The van der Waals surface area contributed by atoms with Gasteiger partial charge in [-0.15, -0.1) is 0 Å². The molecule has 3 aromatic rings. The van der Waals surface area contributed by atoms with Crippen molar-refractivity contribution >= 4 is 11.1 Å². The van der Waals surface area contributed by atoms with Crippen LogP contribution in [0.4, 0.5) is 0 Å². The van der Waals surface area contributed by atoms with Gasteiger partial charge in [-0.05, 0) is 25.2 Å². The molecule has 6 heteroatoms. The molecule has 0 spiro atoms. The fourth-order valence-corrected chi connectivity index (χ4v) is 2.25. The molecule has 0 radical (unpaired) electrons. The molecule has 98 valence electrons. The molecule has 0 aliphatic carbocycles. The number of oxazole rings is 1. The van der Waals surface area contributed by atoms with Crippen molar-refractivity contribution in [3.63, 3.8) is 0 Å². The third kappa shape index (κ3) is 1.96. The lowest BCUT2D eigenvalue weighted by atomic mass is 10.1. The van der Waals surface area contributed by atoms with Crippen molar-refractivity contribution in [1.29, 1.82) is 0 Å². The van der Waals surface area contributed by atoms with Gasteiger partial charge in [-0.2, -0.15) is 0 Å².